The summed E-state index contributed by atoms with van der Waals surface area (Å²) in [4.78, 5) is 39.9. The van der Waals surface area contributed by atoms with Gasteiger partial charge in [-0.15, -0.1) is 0 Å². The second kappa shape index (κ2) is 11.2. The Labute approximate surface area is 235 Å². The first-order valence-corrected chi connectivity index (χ1v) is 15.1. The lowest BCUT2D eigenvalue weighted by Gasteiger charge is -2.63. The maximum Gasteiger partial charge on any atom is 0.302 e. The third-order valence-electron chi connectivity index (χ3n) is 11.6. The van der Waals surface area contributed by atoms with Gasteiger partial charge in [0.25, 0.3) is 0 Å². The lowest BCUT2D eigenvalue weighted by atomic mass is 9.43. The van der Waals surface area contributed by atoms with Gasteiger partial charge in [0.15, 0.2) is 0 Å². The van der Waals surface area contributed by atoms with E-state index in [4.69, 9.17) is 9.47 Å². The third-order valence-corrected chi connectivity index (χ3v) is 11.6. The molecular formula is C32H52N2O5. The fourth-order valence-electron chi connectivity index (χ4n) is 9.86. The number of fused-ring (bicyclic) bond motifs is 5. The highest BCUT2D eigenvalue weighted by molar-refractivity contribution is 5.88. The molecule has 0 radical (unpaired) electrons. The van der Waals surface area contributed by atoms with Crippen LogP contribution in [0.1, 0.15) is 93.4 Å². The van der Waals surface area contributed by atoms with Crippen molar-refractivity contribution in [3.63, 3.8) is 0 Å². The van der Waals surface area contributed by atoms with Crippen LogP contribution < -0.4 is 5.32 Å². The van der Waals surface area contributed by atoms with Gasteiger partial charge in [-0.05, 0) is 114 Å². The van der Waals surface area contributed by atoms with Crippen molar-refractivity contribution in [3.8, 4) is 0 Å². The standard InChI is InChI=1S/C32H52N2O5/c1-18(2)16-28(37)33-29-27(38-20(4)35)17-32(7)25-14-15-31(6)23(19(3)34(8)9)12-13-24(31)22(25)10-11-26(32)30(29)39-21(5)36/h16,19,22-27,29-30H,10-15,17H2,1-9H3,(H,33,37)/t19-,22-,23+,24-,25-,26-,27-,29-,30+,31+,32+/m0/s1. The highest BCUT2D eigenvalue weighted by Crippen LogP contribution is 2.68. The van der Waals surface area contributed by atoms with Crippen molar-refractivity contribution in [1.29, 1.82) is 0 Å². The molecule has 7 nitrogen and oxygen atoms in total. The van der Waals surface area contributed by atoms with Crippen LogP contribution in [-0.2, 0) is 23.9 Å². The van der Waals surface area contributed by atoms with E-state index in [1.165, 1.54) is 33.1 Å². The number of ether oxygens (including phenoxy) is 2. The molecule has 0 spiro atoms. The Morgan fingerprint density at radius 3 is 2.08 bits per heavy atom. The summed E-state index contributed by atoms with van der Waals surface area (Å²) < 4.78 is 12.0. The number of hydrogen-bond acceptors (Lipinski definition) is 6. The van der Waals surface area contributed by atoms with Gasteiger partial charge >= 0.3 is 11.9 Å². The number of nitrogens with one attached hydrogen (secondary N) is 1. The van der Waals surface area contributed by atoms with Crippen LogP contribution >= 0.6 is 0 Å². The molecule has 4 rings (SSSR count). The lowest BCUT2D eigenvalue weighted by Crippen LogP contribution is -2.67. The molecule has 0 saturated heterocycles. The van der Waals surface area contributed by atoms with Crippen LogP contribution in [0.3, 0.4) is 0 Å². The number of esters is 2. The minimum atomic E-state index is -0.568. The first-order valence-electron chi connectivity index (χ1n) is 15.1. The highest BCUT2D eigenvalue weighted by Gasteiger charge is 2.64. The number of rotatable bonds is 6. The van der Waals surface area contributed by atoms with Gasteiger partial charge in [-0.2, -0.15) is 0 Å². The summed E-state index contributed by atoms with van der Waals surface area (Å²) >= 11 is 0. The Morgan fingerprint density at radius 1 is 0.872 bits per heavy atom. The first kappa shape index (κ1) is 30.1. The van der Waals surface area contributed by atoms with Gasteiger partial charge in [0.2, 0.25) is 5.91 Å². The SMILES string of the molecule is CC(=O)O[C@H]1[C@@H](NC(=O)C=C(C)C)[C@@H](OC(C)=O)C[C@]2(C)[C@H]3CC[C@]4(C)[C@@H]([C@H](C)N(C)C)CC[C@H]4[C@@H]3CC[C@@H]12. The predicted molar refractivity (Wildman–Crippen MR) is 152 cm³/mol. The molecule has 0 aromatic heterocycles. The molecule has 1 amide bonds. The maximum atomic E-state index is 12.9. The van der Waals surface area contributed by atoms with Crippen LogP contribution in [0, 0.1) is 40.4 Å². The molecule has 0 aromatic carbocycles. The van der Waals surface area contributed by atoms with Gasteiger partial charge < -0.3 is 19.7 Å². The molecule has 39 heavy (non-hydrogen) atoms. The highest BCUT2D eigenvalue weighted by atomic mass is 16.6. The Balaban J connectivity index is 1.68. The lowest BCUT2D eigenvalue weighted by molar-refractivity contribution is -0.204. The smallest absolute Gasteiger partial charge is 0.302 e. The van der Waals surface area contributed by atoms with Crippen LogP contribution in [0.5, 0.6) is 0 Å². The summed E-state index contributed by atoms with van der Waals surface area (Å²) in [6.45, 7) is 13.9. The van der Waals surface area contributed by atoms with Gasteiger partial charge in [0.05, 0.1) is 0 Å². The normalized spacial score (nSPS) is 41.9. The van der Waals surface area contributed by atoms with E-state index >= 15 is 0 Å². The number of allylic oxidation sites excluding steroid dienone is 1. The van der Waals surface area contributed by atoms with Crippen LogP contribution in [-0.4, -0.2) is 61.1 Å². The van der Waals surface area contributed by atoms with E-state index < -0.39 is 18.2 Å². The van der Waals surface area contributed by atoms with E-state index in [2.05, 4.69) is 45.1 Å². The average molecular weight is 545 g/mol. The van der Waals surface area contributed by atoms with Crippen LogP contribution in [0.25, 0.3) is 0 Å². The van der Waals surface area contributed by atoms with E-state index in [0.29, 0.717) is 41.5 Å². The molecule has 0 aromatic rings. The molecular weight excluding hydrogens is 492 g/mol. The zero-order chi connectivity index (χ0) is 28.9. The van der Waals surface area contributed by atoms with Crippen LogP contribution in [0.15, 0.2) is 11.6 Å². The zero-order valence-corrected chi connectivity index (χ0v) is 25.7. The van der Waals surface area contributed by atoms with Gasteiger partial charge in [-0.3, -0.25) is 14.4 Å². The van der Waals surface area contributed by atoms with Crippen molar-refractivity contribution >= 4 is 17.8 Å². The summed E-state index contributed by atoms with van der Waals surface area (Å²) in [5, 5.41) is 3.08. The van der Waals surface area contributed by atoms with Gasteiger partial charge in [0, 0.05) is 31.9 Å². The van der Waals surface area contributed by atoms with Crippen LogP contribution in [0.2, 0.25) is 0 Å². The van der Waals surface area contributed by atoms with E-state index in [0.717, 1.165) is 24.8 Å². The number of amides is 1. The maximum absolute atomic E-state index is 12.9. The molecule has 4 saturated carbocycles. The minimum absolute atomic E-state index is 0.105. The topological polar surface area (TPSA) is 84.9 Å². The summed E-state index contributed by atoms with van der Waals surface area (Å²) in [6.07, 6.45) is 8.16. The summed E-state index contributed by atoms with van der Waals surface area (Å²) in [7, 11) is 4.41. The molecule has 11 atom stereocenters. The number of nitrogens with zero attached hydrogens (tertiary/aromatic N) is 1. The molecule has 0 aliphatic heterocycles. The van der Waals surface area contributed by atoms with E-state index in [9.17, 15) is 14.4 Å². The van der Waals surface area contributed by atoms with Crippen LogP contribution in [0.4, 0.5) is 0 Å². The molecule has 0 unspecified atom stereocenters. The summed E-state index contributed by atoms with van der Waals surface area (Å²) in [6, 6.07) is -0.00814. The summed E-state index contributed by atoms with van der Waals surface area (Å²) in [5.74, 6) is 1.63. The van der Waals surface area contributed by atoms with Gasteiger partial charge in [-0.1, -0.05) is 19.4 Å². The van der Waals surface area contributed by atoms with Crippen molar-refractivity contribution < 1.29 is 23.9 Å². The molecule has 220 valence electrons. The fraction of sp³-hybridized carbons (Fsp3) is 0.844. The monoisotopic (exact) mass is 544 g/mol. The van der Waals surface area contributed by atoms with Crippen molar-refractivity contribution in [2.75, 3.05) is 14.1 Å². The Hall–Kier alpha value is -1.89. The van der Waals surface area contributed by atoms with E-state index in [-0.39, 0.29) is 29.2 Å². The molecule has 7 heteroatoms. The minimum Gasteiger partial charge on any atom is -0.460 e. The molecule has 4 fully saturated rings. The Kier molecular flexibility index (Phi) is 8.62. The van der Waals surface area contributed by atoms with Gasteiger partial charge in [-0.25, -0.2) is 0 Å². The molecule has 1 N–H and O–H groups in total. The van der Waals surface area contributed by atoms with Crippen molar-refractivity contribution in [3.05, 3.63) is 11.6 Å². The largest absolute Gasteiger partial charge is 0.460 e. The number of carbonyl (C=O) groups excluding carboxylic acids is 3. The fourth-order valence-corrected chi connectivity index (χ4v) is 9.86. The molecule has 0 bridgehead atoms. The summed E-state index contributed by atoms with van der Waals surface area (Å²) in [5.41, 5.74) is 1.08. The number of hydrogen-bond donors (Lipinski definition) is 1. The Morgan fingerprint density at radius 2 is 1.49 bits per heavy atom. The van der Waals surface area contributed by atoms with Gasteiger partial charge in [0.1, 0.15) is 18.2 Å². The number of carbonyl (C=O) groups is 3. The van der Waals surface area contributed by atoms with Crippen molar-refractivity contribution in [1.82, 2.24) is 10.2 Å². The predicted octanol–water partition coefficient (Wildman–Crippen LogP) is 5.13. The first-order chi connectivity index (χ1) is 18.2. The zero-order valence-electron chi connectivity index (χ0n) is 25.7. The molecule has 4 aliphatic rings. The molecule has 4 aliphatic carbocycles. The van der Waals surface area contributed by atoms with E-state index in [1.807, 2.05) is 13.8 Å². The van der Waals surface area contributed by atoms with Crippen molar-refractivity contribution in [2.45, 2.75) is 118 Å². The quantitative estimate of drug-likeness (QED) is 0.369. The van der Waals surface area contributed by atoms with Crippen molar-refractivity contribution in [2.24, 2.45) is 40.4 Å². The Bertz CT molecular complexity index is 989. The second-order valence-corrected chi connectivity index (χ2v) is 14.2. The average Bonchev–Trinajstić information content (AvgIpc) is 3.16. The second-order valence-electron chi connectivity index (χ2n) is 14.2. The molecule has 0 heterocycles. The van der Waals surface area contributed by atoms with E-state index in [1.54, 1.807) is 6.08 Å². The third kappa shape index (κ3) is 5.54.